The van der Waals surface area contributed by atoms with Crippen LogP contribution in [-0.2, 0) is 21.4 Å². The quantitative estimate of drug-likeness (QED) is 0.773. The summed E-state index contributed by atoms with van der Waals surface area (Å²) in [6.07, 6.45) is 3.56. The van der Waals surface area contributed by atoms with Crippen LogP contribution in [-0.4, -0.2) is 52.9 Å². The van der Waals surface area contributed by atoms with Crippen LogP contribution >= 0.6 is 0 Å². The van der Waals surface area contributed by atoms with Crippen LogP contribution in [0, 0.1) is 12.8 Å². The molecule has 0 radical (unpaired) electrons. The third-order valence-corrected chi connectivity index (χ3v) is 5.02. The predicted octanol–water partition coefficient (Wildman–Crippen LogP) is 1.56. The molecular weight excluding hydrogens is 346 g/mol. The Kier molecular flexibility index (Phi) is 5.93. The molecular formula is C19H27N5O3. The molecule has 0 spiro atoms. The van der Waals surface area contributed by atoms with Crippen molar-refractivity contribution >= 4 is 28.6 Å². The molecule has 146 valence electrons. The van der Waals surface area contributed by atoms with Gasteiger partial charge < -0.3 is 15.0 Å². The number of amides is 1. The highest BCUT2D eigenvalue weighted by Crippen LogP contribution is 2.29. The van der Waals surface area contributed by atoms with E-state index in [1.165, 1.54) is 0 Å². The molecule has 1 fully saturated rings. The van der Waals surface area contributed by atoms with Crippen LogP contribution < -0.4 is 10.2 Å². The van der Waals surface area contributed by atoms with Gasteiger partial charge in [0, 0.05) is 44.2 Å². The highest BCUT2D eigenvalue weighted by atomic mass is 16.5. The molecule has 0 atom stereocenters. The Morgan fingerprint density at radius 1 is 1.33 bits per heavy atom. The highest BCUT2D eigenvalue weighted by molar-refractivity contribution is 5.91. The zero-order valence-electron chi connectivity index (χ0n) is 16.2. The number of nitrogens with one attached hydrogen (secondary N) is 1. The standard InChI is InChI=1S/C19H27N5O3/c1-4-27-16(25)6-10-21-19(26)14-7-11-24(12-8-14)18-17-15(5-9-20-18)13(2)22-23(17)3/h5,9,14H,4,6-8,10-12H2,1-3H3,(H,21,26). The number of carbonyl (C=O) groups excluding carboxylic acids is 2. The normalized spacial score (nSPS) is 15.1. The number of carbonyl (C=O) groups is 2. The summed E-state index contributed by atoms with van der Waals surface area (Å²) < 4.78 is 6.74. The molecule has 0 unspecified atom stereocenters. The van der Waals surface area contributed by atoms with Crippen molar-refractivity contribution in [3.05, 3.63) is 18.0 Å². The van der Waals surface area contributed by atoms with Gasteiger partial charge in [0.15, 0.2) is 5.82 Å². The third-order valence-electron chi connectivity index (χ3n) is 5.02. The van der Waals surface area contributed by atoms with Gasteiger partial charge in [-0.05, 0) is 32.8 Å². The molecule has 3 heterocycles. The fourth-order valence-electron chi connectivity index (χ4n) is 3.63. The molecule has 1 aliphatic rings. The summed E-state index contributed by atoms with van der Waals surface area (Å²) >= 11 is 0. The maximum atomic E-state index is 12.3. The van der Waals surface area contributed by atoms with Crippen molar-refractivity contribution < 1.29 is 14.3 Å². The first kappa shape index (κ1) is 19.1. The van der Waals surface area contributed by atoms with Gasteiger partial charge in [0.05, 0.1) is 18.7 Å². The number of anilines is 1. The zero-order chi connectivity index (χ0) is 19.4. The van der Waals surface area contributed by atoms with Gasteiger partial charge in [-0.25, -0.2) is 4.98 Å². The van der Waals surface area contributed by atoms with Crippen LogP contribution in [0.5, 0.6) is 0 Å². The van der Waals surface area contributed by atoms with Crippen LogP contribution in [0.3, 0.4) is 0 Å². The lowest BCUT2D eigenvalue weighted by Gasteiger charge is -2.32. The lowest BCUT2D eigenvalue weighted by molar-refractivity contribution is -0.143. The van der Waals surface area contributed by atoms with E-state index in [2.05, 4.69) is 20.3 Å². The van der Waals surface area contributed by atoms with E-state index in [4.69, 9.17) is 4.74 Å². The van der Waals surface area contributed by atoms with Crippen LogP contribution in [0.2, 0.25) is 0 Å². The van der Waals surface area contributed by atoms with Crippen LogP contribution in [0.15, 0.2) is 12.3 Å². The van der Waals surface area contributed by atoms with Crippen molar-refractivity contribution in [3.63, 3.8) is 0 Å². The first-order valence-electron chi connectivity index (χ1n) is 9.47. The first-order valence-corrected chi connectivity index (χ1v) is 9.47. The number of rotatable bonds is 6. The van der Waals surface area contributed by atoms with E-state index >= 15 is 0 Å². The summed E-state index contributed by atoms with van der Waals surface area (Å²) in [4.78, 5) is 30.5. The minimum Gasteiger partial charge on any atom is -0.466 e. The number of fused-ring (bicyclic) bond motifs is 1. The minimum absolute atomic E-state index is 0.0153. The number of hydrogen-bond acceptors (Lipinski definition) is 6. The molecule has 27 heavy (non-hydrogen) atoms. The van der Waals surface area contributed by atoms with E-state index in [-0.39, 0.29) is 24.2 Å². The lowest BCUT2D eigenvalue weighted by Crippen LogP contribution is -2.41. The molecule has 0 saturated carbocycles. The lowest BCUT2D eigenvalue weighted by atomic mass is 9.95. The molecule has 0 bridgehead atoms. The third kappa shape index (κ3) is 4.20. The number of nitrogens with zero attached hydrogens (tertiary/aromatic N) is 4. The number of ether oxygens (including phenoxy) is 1. The summed E-state index contributed by atoms with van der Waals surface area (Å²) in [6, 6.07) is 1.99. The summed E-state index contributed by atoms with van der Waals surface area (Å²) in [7, 11) is 1.93. The molecule has 8 heteroatoms. The summed E-state index contributed by atoms with van der Waals surface area (Å²) in [5, 5.41) is 8.46. The maximum absolute atomic E-state index is 12.3. The largest absolute Gasteiger partial charge is 0.466 e. The Labute approximate surface area is 158 Å². The van der Waals surface area contributed by atoms with Gasteiger partial charge in [0.1, 0.15) is 5.52 Å². The molecule has 3 rings (SSSR count). The smallest absolute Gasteiger partial charge is 0.307 e. The Hall–Kier alpha value is -2.64. The van der Waals surface area contributed by atoms with Gasteiger partial charge in [0.25, 0.3) is 0 Å². The molecule has 0 aliphatic carbocycles. The van der Waals surface area contributed by atoms with Crippen LogP contribution in [0.1, 0.15) is 31.9 Å². The topological polar surface area (TPSA) is 89.3 Å². The van der Waals surface area contributed by atoms with Gasteiger partial charge in [-0.2, -0.15) is 5.10 Å². The molecule has 0 aromatic carbocycles. The number of aryl methyl sites for hydroxylation is 2. The van der Waals surface area contributed by atoms with Crippen molar-refractivity contribution in [2.75, 3.05) is 31.1 Å². The molecule has 1 N–H and O–H groups in total. The van der Waals surface area contributed by atoms with Crippen molar-refractivity contribution in [3.8, 4) is 0 Å². The van der Waals surface area contributed by atoms with Gasteiger partial charge >= 0.3 is 5.97 Å². The van der Waals surface area contributed by atoms with Crippen molar-refractivity contribution in [1.29, 1.82) is 0 Å². The summed E-state index contributed by atoms with van der Waals surface area (Å²) in [5.41, 5.74) is 2.03. The number of hydrogen-bond donors (Lipinski definition) is 1. The molecule has 1 amide bonds. The van der Waals surface area contributed by atoms with E-state index in [1.54, 1.807) is 6.92 Å². The van der Waals surface area contributed by atoms with Crippen molar-refractivity contribution in [2.24, 2.45) is 13.0 Å². The molecule has 1 aliphatic heterocycles. The number of pyridine rings is 1. The van der Waals surface area contributed by atoms with E-state index in [0.717, 1.165) is 48.3 Å². The van der Waals surface area contributed by atoms with Crippen molar-refractivity contribution in [2.45, 2.75) is 33.1 Å². The molecule has 2 aromatic rings. The van der Waals surface area contributed by atoms with Gasteiger partial charge in [-0.3, -0.25) is 14.3 Å². The van der Waals surface area contributed by atoms with E-state index in [1.807, 2.05) is 30.9 Å². The monoisotopic (exact) mass is 373 g/mol. The van der Waals surface area contributed by atoms with Crippen LogP contribution in [0.4, 0.5) is 5.82 Å². The Morgan fingerprint density at radius 2 is 2.07 bits per heavy atom. The first-order chi connectivity index (χ1) is 13.0. The predicted molar refractivity (Wildman–Crippen MR) is 102 cm³/mol. The van der Waals surface area contributed by atoms with E-state index in [0.29, 0.717) is 13.2 Å². The highest BCUT2D eigenvalue weighted by Gasteiger charge is 2.27. The van der Waals surface area contributed by atoms with E-state index < -0.39 is 0 Å². The maximum Gasteiger partial charge on any atom is 0.307 e. The fourth-order valence-corrected chi connectivity index (χ4v) is 3.63. The SMILES string of the molecule is CCOC(=O)CCNC(=O)C1CCN(c2nccc3c(C)nn(C)c23)CC1. The van der Waals surface area contributed by atoms with Crippen molar-refractivity contribution in [1.82, 2.24) is 20.1 Å². The zero-order valence-corrected chi connectivity index (χ0v) is 16.2. The van der Waals surface area contributed by atoms with E-state index in [9.17, 15) is 9.59 Å². The second-order valence-corrected chi connectivity index (χ2v) is 6.85. The number of piperidine rings is 1. The molecule has 1 saturated heterocycles. The summed E-state index contributed by atoms with van der Waals surface area (Å²) in [6.45, 7) is 6.00. The van der Waals surface area contributed by atoms with Crippen LogP contribution in [0.25, 0.3) is 10.9 Å². The Bertz CT molecular complexity index is 824. The fraction of sp³-hybridized carbons (Fsp3) is 0.579. The minimum atomic E-state index is -0.279. The average Bonchev–Trinajstić information content (AvgIpc) is 2.96. The Morgan fingerprint density at radius 3 is 2.78 bits per heavy atom. The second-order valence-electron chi connectivity index (χ2n) is 6.85. The number of aromatic nitrogens is 3. The Balaban J connectivity index is 1.56. The average molecular weight is 373 g/mol. The molecule has 8 nitrogen and oxygen atoms in total. The van der Waals surface area contributed by atoms with Gasteiger partial charge in [-0.1, -0.05) is 0 Å². The number of esters is 1. The molecule has 2 aromatic heterocycles. The van der Waals surface area contributed by atoms with Gasteiger partial charge in [0.2, 0.25) is 5.91 Å². The van der Waals surface area contributed by atoms with Gasteiger partial charge in [-0.15, -0.1) is 0 Å². The second kappa shape index (κ2) is 8.37. The summed E-state index contributed by atoms with van der Waals surface area (Å²) in [5.74, 6) is 0.632.